The van der Waals surface area contributed by atoms with E-state index in [-0.39, 0.29) is 13.0 Å². The minimum Gasteiger partial charge on any atom is -0.409 e. The lowest BCUT2D eigenvalue weighted by Crippen LogP contribution is -2.51. The van der Waals surface area contributed by atoms with Gasteiger partial charge in [0.1, 0.15) is 18.5 Å². The zero-order chi connectivity index (χ0) is 17.7. The Hall–Kier alpha value is -0.313. The molecule has 0 aromatic rings. The highest BCUT2D eigenvalue weighted by atomic mass is 28.4. The van der Waals surface area contributed by atoms with Crippen molar-refractivity contribution in [1.82, 2.24) is 0 Å². The van der Waals surface area contributed by atoms with Gasteiger partial charge in [-0.2, -0.15) is 0 Å². The van der Waals surface area contributed by atoms with Crippen LogP contribution in [0.25, 0.3) is 0 Å². The van der Waals surface area contributed by atoms with Gasteiger partial charge in [0.25, 0.3) is 0 Å². The van der Waals surface area contributed by atoms with Gasteiger partial charge in [-0.25, -0.2) is 0 Å². The standard InChI is InChI=1S/C16H32O6Si/c1-6-23(7-2,8-3)22-13(11-18)14(19)15-12(9-10-17)20-16(4,5)21-15/h10,12-15,18-19H,6-9,11H2,1-5H3/t12?,13?,14-,15?/m1/s1. The maximum atomic E-state index is 10.9. The summed E-state index contributed by atoms with van der Waals surface area (Å²) in [4.78, 5) is 10.9. The molecular formula is C16H32O6Si. The van der Waals surface area contributed by atoms with Gasteiger partial charge in [-0.3, -0.25) is 0 Å². The first-order valence-electron chi connectivity index (χ1n) is 8.54. The first kappa shape index (κ1) is 20.7. The Morgan fingerprint density at radius 2 is 1.78 bits per heavy atom. The van der Waals surface area contributed by atoms with E-state index in [0.717, 1.165) is 24.4 Å². The second kappa shape index (κ2) is 8.69. The molecule has 4 atom stereocenters. The summed E-state index contributed by atoms with van der Waals surface area (Å²) in [7, 11) is -1.98. The van der Waals surface area contributed by atoms with Gasteiger partial charge < -0.3 is 28.9 Å². The van der Waals surface area contributed by atoms with Crippen LogP contribution in [0.3, 0.4) is 0 Å². The highest BCUT2D eigenvalue weighted by Crippen LogP contribution is 2.34. The van der Waals surface area contributed by atoms with Crippen LogP contribution >= 0.6 is 0 Å². The molecule has 23 heavy (non-hydrogen) atoms. The lowest BCUT2D eigenvalue weighted by molar-refractivity contribution is -0.163. The average Bonchev–Trinajstić information content (AvgIpc) is 2.84. The van der Waals surface area contributed by atoms with Crippen LogP contribution in [-0.4, -0.2) is 61.6 Å². The molecule has 0 amide bonds. The maximum absolute atomic E-state index is 10.9. The maximum Gasteiger partial charge on any atom is 0.192 e. The fourth-order valence-electron chi connectivity index (χ4n) is 3.18. The van der Waals surface area contributed by atoms with Crippen molar-refractivity contribution in [2.24, 2.45) is 0 Å². The third-order valence-electron chi connectivity index (χ3n) is 4.78. The Kier molecular flexibility index (Phi) is 7.83. The summed E-state index contributed by atoms with van der Waals surface area (Å²) >= 11 is 0. The number of ether oxygens (including phenoxy) is 2. The Balaban J connectivity index is 2.89. The van der Waals surface area contributed by atoms with Crippen LogP contribution < -0.4 is 0 Å². The molecule has 1 heterocycles. The quantitative estimate of drug-likeness (QED) is 0.463. The van der Waals surface area contributed by atoms with Crippen LogP contribution in [0.4, 0.5) is 0 Å². The van der Waals surface area contributed by atoms with E-state index in [1.165, 1.54) is 0 Å². The monoisotopic (exact) mass is 348 g/mol. The van der Waals surface area contributed by atoms with E-state index >= 15 is 0 Å². The zero-order valence-corrected chi connectivity index (χ0v) is 15.9. The van der Waals surface area contributed by atoms with Gasteiger partial charge in [-0.1, -0.05) is 20.8 Å². The molecule has 3 unspecified atom stereocenters. The van der Waals surface area contributed by atoms with E-state index in [0.29, 0.717) is 0 Å². The van der Waals surface area contributed by atoms with Gasteiger partial charge in [-0.05, 0) is 32.0 Å². The van der Waals surface area contributed by atoms with Crippen molar-refractivity contribution in [2.75, 3.05) is 6.61 Å². The van der Waals surface area contributed by atoms with Crippen molar-refractivity contribution in [2.45, 2.75) is 89.4 Å². The summed E-state index contributed by atoms with van der Waals surface area (Å²) in [6.45, 7) is 9.48. The van der Waals surface area contributed by atoms with Gasteiger partial charge in [0, 0.05) is 6.42 Å². The molecule has 0 aromatic heterocycles. The van der Waals surface area contributed by atoms with Crippen LogP contribution in [-0.2, 0) is 18.7 Å². The smallest absolute Gasteiger partial charge is 0.192 e. The first-order valence-corrected chi connectivity index (χ1v) is 11.1. The van der Waals surface area contributed by atoms with Gasteiger partial charge in [0.2, 0.25) is 0 Å². The zero-order valence-electron chi connectivity index (χ0n) is 14.9. The van der Waals surface area contributed by atoms with Crippen molar-refractivity contribution >= 4 is 14.6 Å². The molecule has 0 bridgehead atoms. The highest BCUT2D eigenvalue weighted by Gasteiger charge is 2.48. The van der Waals surface area contributed by atoms with Crippen molar-refractivity contribution in [3.63, 3.8) is 0 Å². The molecule has 0 aliphatic carbocycles. The Morgan fingerprint density at radius 3 is 2.22 bits per heavy atom. The predicted octanol–water partition coefficient (Wildman–Crippen LogP) is 1.84. The third kappa shape index (κ3) is 5.08. The molecule has 1 fully saturated rings. The minimum atomic E-state index is -1.98. The first-order chi connectivity index (χ1) is 10.8. The van der Waals surface area contributed by atoms with Crippen LogP contribution in [0, 0.1) is 0 Å². The summed E-state index contributed by atoms with van der Waals surface area (Å²) in [5.41, 5.74) is 0. The van der Waals surface area contributed by atoms with Gasteiger partial charge in [-0.15, -0.1) is 0 Å². The molecule has 0 saturated carbocycles. The third-order valence-corrected chi connectivity index (χ3v) is 9.45. The molecule has 1 aliphatic heterocycles. The Bertz CT molecular complexity index is 363. The van der Waals surface area contributed by atoms with Crippen molar-refractivity contribution in [1.29, 1.82) is 0 Å². The number of carbonyl (C=O) groups excluding carboxylic acids is 1. The number of aldehydes is 1. The largest absolute Gasteiger partial charge is 0.409 e. The summed E-state index contributed by atoms with van der Waals surface area (Å²) in [6.07, 6.45) is -2.09. The van der Waals surface area contributed by atoms with Crippen LogP contribution in [0.5, 0.6) is 0 Å². The van der Waals surface area contributed by atoms with Gasteiger partial charge >= 0.3 is 0 Å². The Morgan fingerprint density at radius 1 is 1.22 bits per heavy atom. The summed E-state index contributed by atoms with van der Waals surface area (Å²) in [6, 6.07) is 2.78. The number of aliphatic hydroxyl groups excluding tert-OH is 2. The fraction of sp³-hybridized carbons (Fsp3) is 0.938. The number of aliphatic hydroxyl groups is 2. The lowest BCUT2D eigenvalue weighted by atomic mass is 10.0. The molecule has 1 rings (SSSR count). The Labute approximate surface area is 140 Å². The molecule has 0 radical (unpaired) electrons. The minimum absolute atomic E-state index is 0.140. The topological polar surface area (TPSA) is 85.2 Å². The molecule has 1 aliphatic rings. The van der Waals surface area contributed by atoms with Crippen molar-refractivity contribution in [3.8, 4) is 0 Å². The summed E-state index contributed by atoms with van der Waals surface area (Å²) in [5.74, 6) is -0.867. The van der Waals surface area contributed by atoms with Crippen molar-refractivity contribution < 1.29 is 28.9 Å². The predicted molar refractivity (Wildman–Crippen MR) is 89.7 cm³/mol. The SMILES string of the molecule is CC[Si](CC)(CC)OC(CO)[C@@H](O)C1OC(C)(C)OC1CC=O. The van der Waals surface area contributed by atoms with E-state index in [1.807, 2.05) is 0 Å². The summed E-state index contributed by atoms with van der Waals surface area (Å²) < 4.78 is 17.7. The highest BCUT2D eigenvalue weighted by molar-refractivity contribution is 6.73. The molecule has 6 nitrogen and oxygen atoms in total. The summed E-state index contributed by atoms with van der Waals surface area (Å²) in [5, 5.41) is 20.4. The molecule has 2 N–H and O–H groups in total. The van der Waals surface area contributed by atoms with Crippen molar-refractivity contribution in [3.05, 3.63) is 0 Å². The van der Waals surface area contributed by atoms with Gasteiger partial charge in [0.15, 0.2) is 14.1 Å². The molecule has 136 valence electrons. The van der Waals surface area contributed by atoms with Crippen LogP contribution in [0.1, 0.15) is 41.0 Å². The van der Waals surface area contributed by atoms with E-state index in [2.05, 4.69) is 20.8 Å². The molecular weight excluding hydrogens is 316 g/mol. The average molecular weight is 349 g/mol. The van der Waals surface area contributed by atoms with E-state index in [9.17, 15) is 15.0 Å². The molecule has 0 spiro atoms. The fourth-order valence-corrected chi connectivity index (χ4v) is 6.03. The van der Waals surface area contributed by atoms with Gasteiger partial charge in [0.05, 0.1) is 18.8 Å². The van der Waals surface area contributed by atoms with E-state index < -0.39 is 38.5 Å². The second-order valence-electron chi connectivity index (χ2n) is 6.61. The van der Waals surface area contributed by atoms with Crippen LogP contribution in [0.2, 0.25) is 18.1 Å². The number of hydrogen-bond donors (Lipinski definition) is 2. The number of carbonyl (C=O) groups is 1. The molecule has 1 saturated heterocycles. The van der Waals surface area contributed by atoms with E-state index in [1.54, 1.807) is 13.8 Å². The molecule has 7 heteroatoms. The molecule has 0 aromatic carbocycles. The number of rotatable bonds is 10. The number of hydrogen-bond acceptors (Lipinski definition) is 6. The normalized spacial score (nSPS) is 26.9. The van der Waals surface area contributed by atoms with E-state index in [4.69, 9.17) is 13.9 Å². The lowest BCUT2D eigenvalue weighted by Gasteiger charge is -2.36. The van der Waals surface area contributed by atoms with Crippen LogP contribution in [0.15, 0.2) is 0 Å². The second-order valence-corrected chi connectivity index (χ2v) is 11.3.